The van der Waals surface area contributed by atoms with Gasteiger partial charge in [-0.1, -0.05) is 18.2 Å². The van der Waals surface area contributed by atoms with Crippen LogP contribution in [0.5, 0.6) is 0 Å². The van der Waals surface area contributed by atoms with E-state index in [-0.39, 0.29) is 24.0 Å². The van der Waals surface area contributed by atoms with Crippen LogP contribution in [-0.2, 0) is 0 Å². The van der Waals surface area contributed by atoms with E-state index in [1.165, 1.54) is 44.8 Å². The summed E-state index contributed by atoms with van der Waals surface area (Å²) in [7, 11) is 2.21. The number of nitrogens with one attached hydrogen (secondary N) is 2. The topological polar surface area (TPSA) is 46.1 Å². The SMILES string of the molecule is CCNC(=NCCCCN1CCN(C)CC1)NC1CCN(c2ccccc2)C1.I. The van der Waals surface area contributed by atoms with Crippen LogP contribution in [0.15, 0.2) is 35.3 Å². The summed E-state index contributed by atoms with van der Waals surface area (Å²) in [4.78, 5) is 12.3. The zero-order chi connectivity index (χ0) is 19.6. The fourth-order valence-corrected chi connectivity index (χ4v) is 3.97. The molecule has 0 aromatic heterocycles. The van der Waals surface area contributed by atoms with Gasteiger partial charge < -0.3 is 25.3 Å². The second-order valence-corrected chi connectivity index (χ2v) is 8.02. The number of hydrogen-bond donors (Lipinski definition) is 2. The zero-order valence-corrected chi connectivity index (χ0v) is 20.5. The van der Waals surface area contributed by atoms with Crippen LogP contribution >= 0.6 is 24.0 Å². The summed E-state index contributed by atoms with van der Waals surface area (Å²) in [6.45, 7) is 12.1. The van der Waals surface area contributed by atoms with E-state index >= 15 is 0 Å². The summed E-state index contributed by atoms with van der Waals surface area (Å²) in [6, 6.07) is 11.2. The maximum atomic E-state index is 4.82. The van der Waals surface area contributed by atoms with Crippen LogP contribution in [0.25, 0.3) is 0 Å². The molecule has 164 valence electrons. The molecule has 0 aliphatic carbocycles. The van der Waals surface area contributed by atoms with Gasteiger partial charge in [-0.3, -0.25) is 4.99 Å². The molecule has 2 N–H and O–H groups in total. The minimum absolute atomic E-state index is 0. The second kappa shape index (κ2) is 13.3. The summed E-state index contributed by atoms with van der Waals surface area (Å²) in [5.74, 6) is 0.974. The molecule has 1 aromatic rings. The number of unbranched alkanes of at least 4 members (excludes halogenated alkanes) is 1. The molecule has 2 fully saturated rings. The minimum atomic E-state index is 0. The Morgan fingerprint density at radius 3 is 2.55 bits per heavy atom. The molecule has 0 spiro atoms. The average Bonchev–Trinajstić information content (AvgIpc) is 3.18. The number of halogens is 1. The highest BCUT2D eigenvalue weighted by molar-refractivity contribution is 14.0. The van der Waals surface area contributed by atoms with Gasteiger partial charge in [0, 0.05) is 64.1 Å². The van der Waals surface area contributed by atoms with E-state index in [2.05, 4.69) is 69.6 Å². The number of aliphatic imine (C=N–C) groups is 1. The van der Waals surface area contributed by atoms with Gasteiger partial charge in [-0.2, -0.15) is 0 Å². The Labute approximate surface area is 194 Å². The van der Waals surface area contributed by atoms with E-state index in [4.69, 9.17) is 4.99 Å². The Balaban J connectivity index is 0.00000300. The Morgan fingerprint density at radius 2 is 1.83 bits per heavy atom. The number of rotatable bonds is 8. The number of likely N-dealkylation sites (N-methyl/N-ethyl adjacent to an activating group) is 1. The minimum Gasteiger partial charge on any atom is -0.369 e. The summed E-state index contributed by atoms with van der Waals surface area (Å²) in [5, 5.41) is 7.06. The number of hydrogen-bond acceptors (Lipinski definition) is 4. The van der Waals surface area contributed by atoms with Crippen LogP contribution in [0.2, 0.25) is 0 Å². The van der Waals surface area contributed by atoms with E-state index in [1.54, 1.807) is 0 Å². The molecule has 0 bridgehead atoms. The number of guanidine groups is 1. The number of piperazine rings is 1. The van der Waals surface area contributed by atoms with Crippen LogP contribution in [0, 0.1) is 0 Å². The fraction of sp³-hybridized carbons (Fsp3) is 0.682. The molecule has 2 saturated heterocycles. The molecule has 2 aliphatic heterocycles. The lowest BCUT2D eigenvalue weighted by molar-refractivity contribution is 0.152. The van der Waals surface area contributed by atoms with Gasteiger partial charge in [0.15, 0.2) is 5.96 Å². The molecule has 29 heavy (non-hydrogen) atoms. The van der Waals surface area contributed by atoms with Gasteiger partial charge in [0.1, 0.15) is 0 Å². The van der Waals surface area contributed by atoms with Gasteiger partial charge >= 0.3 is 0 Å². The monoisotopic (exact) mass is 514 g/mol. The maximum Gasteiger partial charge on any atom is 0.191 e. The normalized spacial score (nSPS) is 21.1. The van der Waals surface area contributed by atoms with E-state index in [0.717, 1.165) is 45.0 Å². The molecule has 0 saturated carbocycles. The van der Waals surface area contributed by atoms with E-state index in [9.17, 15) is 0 Å². The molecule has 1 unspecified atom stereocenters. The molecule has 1 aromatic carbocycles. The molecular weight excluding hydrogens is 475 g/mol. The first-order valence-corrected chi connectivity index (χ1v) is 11.0. The maximum absolute atomic E-state index is 4.82. The Morgan fingerprint density at radius 1 is 1.07 bits per heavy atom. The lowest BCUT2D eigenvalue weighted by atomic mass is 10.2. The Bertz CT molecular complexity index is 588. The van der Waals surface area contributed by atoms with Crippen LogP contribution in [0.1, 0.15) is 26.2 Å². The molecule has 6 nitrogen and oxygen atoms in total. The lowest BCUT2D eigenvalue weighted by Gasteiger charge is -2.32. The summed E-state index contributed by atoms with van der Waals surface area (Å²) < 4.78 is 0. The standard InChI is InChI=1S/C22H38N6.HI/c1-3-23-22(24-12-7-8-13-27-17-15-26(2)16-18-27)25-20-11-14-28(19-20)21-9-5-4-6-10-21;/h4-6,9-10,20H,3,7-8,11-19H2,1-2H3,(H2,23,24,25);1H. The van der Waals surface area contributed by atoms with Crippen LogP contribution in [0.4, 0.5) is 5.69 Å². The third kappa shape index (κ3) is 8.30. The van der Waals surface area contributed by atoms with Crippen molar-refractivity contribution in [1.82, 2.24) is 20.4 Å². The largest absolute Gasteiger partial charge is 0.369 e. The molecule has 7 heteroatoms. The molecule has 0 radical (unpaired) electrons. The van der Waals surface area contributed by atoms with Crippen molar-refractivity contribution in [3.8, 4) is 0 Å². The first-order chi connectivity index (χ1) is 13.7. The Hall–Kier alpha value is -1.06. The van der Waals surface area contributed by atoms with Gasteiger partial charge in [0.25, 0.3) is 0 Å². The van der Waals surface area contributed by atoms with Crippen molar-refractivity contribution >= 4 is 35.6 Å². The molecule has 3 rings (SSSR count). The highest BCUT2D eigenvalue weighted by Gasteiger charge is 2.23. The molecular formula is C22H39IN6. The zero-order valence-electron chi connectivity index (χ0n) is 18.1. The van der Waals surface area contributed by atoms with Gasteiger partial charge in [0.2, 0.25) is 0 Å². The third-order valence-electron chi connectivity index (χ3n) is 5.74. The highest BCUT2D eigenvalue weighted by atomic mass is 127. The summed E-state index contributed by atoms with van der Waals surface area (Å²) in [6.07, 6.45) is 3.55. The predicted molar refractivity (Wildman–Crippen MR) is 135 cm³/mol. The van der Waals surface area contributed by atoms with E-state index in [0.29, 0.717) is 6.04 Å². The number of benzene rings is 1. The van der Waals surface area contributed by atoms with E-state index in [1.807, 2.05) is 0 Å². The van der Waals surface area contributed by atoms with Crippen LogP contribution < -0.4 is 15.5 Å². The first kappa shape index (κ1) is 24.2. The highest BCUT2D eigenvalue weighted by Crippen LogP contribution is 2.19. The van der Waals surface area contributed by atoms with Gasteiger partial charge in [-0.25, -0.2) is 0 Å². The van der Waals surface area contributed by atoms with Crippen molar-refractivity contribution < 1.29 is 0 Å². The average molecular weight is 515 g/mol. The van der Waals surface area contributed by atoms with Crippen molar-refractivity contribution in [3.05, 3.63) is 30.3 Å². The van der Waals surface area contributed by atoms with Crippen LogP contribution in [0.3, 0.4) is 0 Å². The summed E-state index contributed by atoms with van der Waals surface area (Å²) >= 11 is 0. The van der Waals surface area contributed by atoms with Gasteiger partial charge in [-0.05, 0) is 51.9 Å². The van der Waals surface area contributed by atoms with Crippen molar-refractivity contribution in [2.75, 3.05) is 70.9 Å². The quantitative estimate of drug-likeness (QED) is 0.242. The summed E-state index contributed by atoms with van der Waals surface area (Å²) in [5.41, 5.74) is 1.32. The smallest absolute Gasteiger partial charge is 0.191 e. The van der Waals surface area contributed by atoms with E-state index < -0.39 is 0 Å². The van der Waals surface area contributed by atoms with Crippen molar-refractivity contribution in [2.45, 2.75) is 32.2 Å². The molecule has 1 atom stereocenters. The molecule has 2 heterocycles. The Kier molecular flexibility index (Phi) is 11.1. The van der Waals surface area contributed by atoms with Crippen molar-refractivity contribution in [2.24, 2.45) is 4.99 Å². The molecule has 0 amide bonds. The second-order valence-electron chi connectivity index (χ2n) is 8.02. The van der Waals surface area contributed by atoms with Crippen molar-refractivity contribution in [1.29, 1.82) is 0 Å². The number of anilines is 1. The predicted octanol–water partition coefficient (Wildman–Crippen LogP) is 2.47. The van der Waals surface area contributed by atoms with Crippen LogP contribution in [-0.4, -0.2) is 87.8 Å². The van der Waals surface area contributed by atoms with Crippen molar-refractivity contribution in [3.63, 3.8) is 0 Å². The fourth-order valence-electron chi connectivity index (χ4n) is 3.97. The van der Waals surface area contributed by atoms with Gasteiger partial charge in [0.05, 0.1) is 0 Å². The molecule has 2 aliphatic rings. The lowest BCUT2D eigenvalue weighted by Crippen LogP contribution is -2.45. The number of nitrogens with zero attached hydrogens (tertiary/aromatic N) is 4. The first-order valence-electron chi connectivity index (χ1n) is 11.0. The third-order valence-corrected chi connectivity index (χ3v) is 5.74. The van der Waals surface area contributed by atoms with Gasteiger partial charge in [-0.15, -0.1) is 24.0 Å². The number of para-hydroxylation sites is 1.